The molecule has 0 aromatic rings. The van der Waals surface area contributed by atoms with Gasteiger partial charge in [-0.2, -0.15) is 110 Å². The molecule has 0 heterocycles. The molecule has 0 radical (unpaired) electrons. The van der Waals surface area contributed by atoms with Crippen LogP contribution in [0, 0.1) is 0 Å². The molecule has 0 amide bonds. The Morgan fingerprint density at radius 2 is 0.568 bits per heavy atom. The molecule has 0 N–H and O–H groups in total. The Morgan fingerprint density at radius 1 is 0.386 bits per heavy atom. The summed E-state index contributed by atoms with van der Waals surface area (Å²) in [5.41, 5.74) is 0. The molecule has 0 fully saturated rings. The second-order valence-electron chi connectivity index (χ2n) is 7.62. The Kier molecular flexibility index (Phi) is 11.7. The minimum atomic E-state index is -9.72. The third-order valence-corrected chi connectivity index (χ3v) is 5.16. The van der Waals surface area contributed by atoms with E-state index in [2.05, 4.69) is 4.18 Å². The summed E-state index contributed by atoms with van der Waals surface area (Å²) in [5.74, 6) is -101. The van der Waals surface area contributed by atoms with Gasteiger partial charge in [-0.3, -0.25) is 4.18 Å². The van der Waals surface area contributed by atoms with E-state index in [1.54, 1.807) is 0 Å². The van der Waals surface area contributed by atoms with Crippen molar-refractivity contribution in [3.8, 4) is 0 Å². The van der Waals surface area contributed by atoms with Crippen molar-refractivity contribution in [3.05, 3.63) is 0 Å². The maximum atomic E-state index is 13.6. The number of hydrogen-bond donors (Lipinski definition) is 0. The molecular weight excluding hydrogens is 750 g/mol. The van der Waals surface area contributed by atoms with Gasteiger partial charge in [0, 0.05) is 0 Å². The first kappa shape index (κ1) is 45.2. The third-order valence-electron chi connectivity index (χ3n) is 4.75. The van der Waals surface area contributed by atoms with Gasteiger partial charge in [0.05, 0.1) is 0 Å². The van der Waals surface area contributed by atoms with Gasteiger partial charge in [0.1, 0.15) is 6.61 Å². The third kappa shape index (κ3) is 5.99. The van der Waals surface area contributed by atoms with Crippen LogP contribution in [0.25, 0.3) is 0 Å². The fourth-order valence-corrected chi connectivity index (χ4v) is 2.51. The maximum absolute atomic E-state index is 13.6. The molecule has 0 aromatic heterocycles. The molecule has 0 rings (SSSR count). The first-order valence-electron chi connectivity index (χ1n) is 8.78. The summed E-state index contributed by atoms with van der Waals surface area (Å²) in [6.45, 7) is -4.09. The van der Waals surface area contributed by atoms with Crippen molar-refractivity contribution in [2.45, 2.75) is 71.3 Å². The Hall–Kier alpha value is -0.880. The minimum absolute atomic E-state index is 0. The normalized spacial score (nSPS) is 16.6. The van der Waals surface area contributed by atoms with Gasteiger partial charge in [0.25, 0.3) is 0 Å². The fourth-order valence-electron chi connectivity index (χ4n) is 2.22. The molecule has 0 unspecified atom stereocenters. The molecular formula is C13H2F25NaO4S. The Balaban J connectivity index is 0. The number of hydrogen-bond acceptors (Lipinski definition) is 4. The number of halogens is 25. The Labute approximate surface area is 245 Å². The fraction of sp³-hybridized carbons (Fsp3) is 1.00. The van der Waals surface area contributed by atoms with Crippen LogP contribution in [0.5, 0.6) is 0 Å². The molecule has 260 valence electrons. The average Bonchev–Trinajstić information content (AvgIpc) is 2.75. The standard InChI is InChI=1S/C13H3F25O4S.Na/c14-2(15,1-42-43(39,40)41)3(16,17)4(18,19)5(20,21)6(22,23)7(24,25)8(26,27)9(28,29)10(30,31)11(32,33)12(34,35)13(36,37)38;/h1H2,(H,39,40,41);/q;+1/p-1. The maximum Gasteiger partial charge on any atom is 1.00 e. The van der Waals surface area contributed by atoms with Crippen molar-refractivity contribution in [2.24, 2.45) is 0 Å². The first-order chi connectivity index (χ1) is 18.0. The molecule has 0 bridgehead atoms. The zero-order valence-corrected chi connectivity index (χ0v) is 22.0. The van der Waals surface area contributed by atoms with Crippen molar-refractivity contribution >= 4 is 10.4 Å². The topological polar surface area (TPSA) is 66.4 Å². The molecule has 44 heavy (non-hydrogen) atoms. The van der Waals surface area contributed by atoms with Gasteiger partial charge in [-0.05, 0) is 0 Å². The van der Waals surface area contributed by atoms with E-state index < -0.39 is 88.3 Å². The van der Waals surface area contributed by atoms with Crippen LogP contribution in [-0.2, 0) is 14.6 Å². The molecule has 0 spiro atoms. The molecule has 0 aliphatic carbocycles. The number of alkyl halides is 25. The molecule has 0 aromatic carbocycles. The predicted octanol–water partition coefficient (Wildman–Crippen LogP) is 4.02. The molecule has 4 nitrogen and oxygen atoms in total. The molecule has 0 atom stereocenters. The SMILES string of the molecule is O=S(=O)([O-])OCC(F)(F)C(F)(F)C(F)(F)C(F)(F)C(F)(F)C(F)(F)C(F)(F)C(F)(F)C(F)(F)C(F)(F)C(F)(F)C(F)(F)F.[Na+]. The van der Waals surface area contributed by atoms with Crippen LogP contribution in [0.1, 0.15) is 0 Å². The van der Waals surface area contributed by atoms with Gasteiger partial charge in [-0.1, -0.05) is 0 Å². The first-order valence-corrected chi connectivity index (χ1v) is 10.1. The van der Waals surface area contributed by atoms with Crippen LogP contribution in [0.3, 0.4) is 0 Å². The minimum Gasteiger partial charge on any atom is -0.726 e. The van der Waals surface area contributed by atoms with E-state index in [-0.39, 0.29) is 29.6 Å². The monoisotopic (exact) mass is 752 g/mol. The van der Waals surface area contributed by atoms with Gasteiger partial charge in [-0.25, -0.2) is 8.42 Å². The molecule has 31 heteroatoms. The van der Waals surface area contributed by atoms with Crippen molar-refractivity contribution in [3.63, 3.8) is 0 Å². The van der Waals surface area contributed by atoms with Crippen LogP contribution < -0.4 is 29.6 Å². The smallest absolute Gasteiger partial charge is 0.726 e. The van der Waals surface area contributed by atoms with Gasteiger partial charge >= 0.3 is 101 Å². The molecule has 0 saturated heterocycles. The van der Waals surface area contributed by atoms with Crippen LogP contribution in [0.2, 0.25) is 0 Å². The summed E-state index contributed by atoms with van der Waals surface area (Å²) in [4.78, 5) is 0. The molecule has 0 aliphatic rings. The van der Waals surface area contributed by atoms with E-state index in [1.807, 2.05) is 0 Å². The van der Waals surface area contributed by atoms with Crippen LogP contribution in [0.15, 0.2) is 0 Å². The number of rotatable bonds is 13. The van der Waals surface area contributed by atoms with Crippen LogP contribution >= 0.6 is 0 Å². The Morgan fingerprint density at radius 3 is 0.750 bits per heavy atom. The van der Waals surface area contributed by atoms with E-state index in [0.717, 1.165) is 0 Å². The van der Waals surface area contributed by atoms with Crippen LogP contribution in [0.4, 0.5) is 110 Å². The van der Waals surface area contributed by atoms with E-state index in [9.17, 15) is 123 Å². The summed E-state index contributed by atoms with van der Waals surface area (Å²) in [6, 6.07) is 0. The quantitative estimate of drug-likeness (QED) is 0.124. The largest absolute Gasteiger partial charge is 1.00 e. The molecule has 0 aliphatic heterocycles. The Bertz CT molecular complexity index is 1140. The van der Waals surface area contributed by atoms with Gasteiger partial charge in [-0.15, -0.1) is 0 Å². The van der Waals surface area contributed by atoms with Crippen molar-refractivity contribution in [1.29, 1.82) is 0 Å². The van der Waals surface area contributed by atoms with Crippen LogP contribution in [-0.4, -0.2) is 90.9 Å². The zero-order valence-electron chi connectivity index (χ0n) is 19.2. The van der Waals surface area contributed by atoms with E-state index in [1.165, 1.54) is 0 Å². The zero-order chi connectivity index (χ0) is 35.9. The summed E-state index contributed by atoms with van der Waals surface area (Å²) in [5, 5.41) is 0. The molecule has 0 saturated carbocycles. The predicted molar refractivity (Wildman–Crippen MR) is 76.1 cm³/mol. The van der Waals surface area contributed by atoms with Crippen molar-refractivity contribution in [1.82, 2.24) is 0 Å². The van der Waals surface area contributed by atoms with Gasteiger partial charge in [0.2, 0.25) is 10.4 Å². The summed E-state index contributed by atoms with van der Waals surface area (Å²) >= 11 is 0. The van der Waals surface area contributed by atoms with E-state index in [0.29, 0.717) is 0 Å². The van der Waals surface area contributed by atoms with Crippen molar-refractivity contribution in [2.75, 3.05) is 6.61 Å². The van der Waals surface area contributed by atoms with Gasteiger partial charge in [0.15, 0.2) is 0 Å². The van der Waals surface area contributed by atoms with E-state index >= 15 is 0 Å². The summed E-state index contributed by atoms with van der Waals surface area (Å²) in [6.07, 6.45) is -8.22. The van der Waals surface area contributed by atoms with Crippen molar-refractivity contribution < 1.29 is 156 Å². The van der Waals surface area contributed by atoms with Gasteiger partial charge < -0.3 is 4.55 Å². The summed E-state index contributed by atoms with van der Waals surface area (Å²) in [7, 11) is -6.73. The average molecular weight is 752 g/mol. The second-order valence-corrected chi connectivity index (χ2v) is 8.67. The summed E-state index contributed by atoms with van der Waals surface area (Å²) < 4.78 is 362. The van der Waals surface area contributed by atoms with E-state index in [4.69, 9.17) is 0 Å². The second kappa shape index (κ2) is 11.4.